The zero-order valence-corrected chi connectivity index (χ0v) is 14.4. The van der Waals surface area contributed by atoms with E-state index in [9.17, 15) is 4.79 Å². The van der Waals surface area contributed by atoms with E-state index in [0.717, 1.165) is 34.9 Å². The van der Waals surface area contributed by atoms with Gasteiger partial charge in [-0.25, -0.2) is 4.98 Å². The number of fused-ring (bicyclic) bond motifs is 3. The number of nitrogens with zero attached hydrogens (tertiary/aromatic N) is 3. The van der Waals surface area contributed by atoms with E-state index >= 15 is 0 Å². The summed E-state index contributed by atoms with van der Waals surface area (Å²) in [6.45, 7) is 2.63. The number of carbonyl (C=O) groups is 1. The normalized spacial score (nSPS) is 13.1. The van der Waals surface area contributed by atoms with Crippen molar-refractivity contribution < 1.29 is 4.79 Å². The van der Waals surface area contributed by atoms with Crippen molar-refractivity contribution >= 4 is 17.3 Å². The first kappa shape index (κ1) is 15.4. The molecule has 0 bridgehead atoms. The van der Waals surface area contributed by atoms with Crippen LogP contribution in [0.1, 0.15) is 21.9 Å². The summed E-state index contributed by atoms with van der Waals surface area (Å²) in [5.41, 5.74) is 11.1. The van der Waals surface area contributed by atoms with Gasteiger partial charge in [0.15, 0.2) is 0 Å². The molecule has 2 heterocycles. The van der Waals surface area contributed by atoms with Crippen LogP contribution in [-0.2, 0) is 13.5 Å². The van der Waals surface area contributed by atoms with Crippen LogP contribution in [0.4, 0.5) is 11.4 Å². The maximum atomic E-state index is 13.1. The highest BCUT2D eigenvalue weighted by Gasteiger charge is 2.27. The van der Waals surface area contributed by atoms with Crippen molar-refractivity contribution in [3.05, 3.63) is 65.6 Å². The van der Waals surface area contributed by atoms with E-state index in [2.05, 4.69) is 4.57 Å². The molecule has 5 nitrogen and oxygen atoms in total. The van der Waals surface area contributed by atoms with E-state index in [0.29, 0.717) is 17.8 Å². The van der Waals surface area contributed by atoms with Crippen molar-refractivity contribution in [2.75, 3.05) is 17.2 Å². The largest absolute Gasteiger partial charge is 0.399 e. The number of anilines is 2. The first-order valence-corrected chi connectivity index (χ1v) is 8.35. The zero-order valence-electron chi connectivity index (χ0n) is 14.4. The molecule has 0 atom stereocenters. The highest BCUT2D eigenvalue weighted by atomic mass is 16.2. The Morgan fingerprint density at radius 2 is 1.84 bits per heavy atom. The Morgan fingerprint density at radius 3 is 2.60 bits per heavy atom. The number of hydrogen-bond donors (Lipinski definition) is 1. The predicted octanol–water partition coefficient (Wildman–Crippen LogP) is 3.18. The molecule has 4 rings (SSSR count). The quantitative estimate of drug-likeness (QED) is 0.696. The maximum Gasteiger partial charge on any atom is 0.258 e. The summed E-state index contributed by atoms with van der Waals surface area (Å²) in [5.74, 6) is 0.968. The fraction of sp³-hybridized carbons (Fsp3) is 0.200. The van der Waals surface area contributed by atoms with Gasteiger partial charge in [0.05, 0.1) is 11.4 Å². The minimum Gasteiger partial charge on any atom is -0.399 e. The van der Waals surface area contributed by atoms with Crippen LogP contribution in [0, 0.1) is 6.92 Å². The van der Waals surface area contributed by atoms with Crippen LogP contribution in [0.2, 0.25) is 0 Å². The van der Waals surface area contributed by atoms with Crippen LogP contribution >= 0.6 is 0 Å². The standard InChI is InChI=1S/C20H20N4O/c1-13-22-19-16-5-3-4-6-17(16)24(12-11-18(19)23(13)2)20(25)14-7-9-15(21)10-8-14/h3-10H,11-12,21H2,1-2H3. The predicted molar refractivity (Wildman–Crippen MR) is 99.6 cm³/mol. The molecule has 0 saturated heterocycles. The van der Waals surface area contributed by atoms with Crippen LogP contribution in [0.15, 0.2) is 48.5 Å². The van der Waals surface area contributed by atoms with E-state index in [1.165, 1.54) is 0 Å². The Hall–Kier alpha value is -3.08. The lowest BCUT2D eigenvalue weighted by atomic mass is 10.1. The number of nitrogen functional groups attached to an aromatic ring is 1. The first-order valence-electron chi connectivity index (χ1n) is 8.35. The van der Waals surface area contributed by atoms with E-state index in [-0.39, 0.29) is 5.91 Å². The zero-order chi connectivity index (χ0) is 17.6. The molecule has 1 aliphatic heterocycles. The van der Waals surface area contributed by atoms with Crippen LogP contribution in [0.25, 0.3) is 11.3 Å². The summed E-state index contributed by atoms with van der Waals surface area (Å²) >= 11 is 0. The minimum absolute atomic E-state index is 0.0167. The minimum atomic E-state index is -0.0167. The molecule has 25 heavy (non-hydrogen) atoms. The van der Waals surface area contributed by atoms with Crippen LogP contribution in [0.3, 0.4) is 0 Å². The van der Waals surface area contributed by atoms with Crippen LogP contribution in [0.5, 0.6) is 0 Å². The van der Waals surface area contributed by atoms with E-state index in [4.69, 9.17) is 10.7 Å². The highest BCUT2D eigenvalue weighted by molar-refractivity contribution is 6.08. The van der Waals surface area contributed by atoms with E-state index in [1.807, 2.05) is 43.1 Å². The average Bonchev–Trinajstić information content (AvgIpc) is 2.81. The lowest BCUT2D eigenvalue weighted by Gasteiger charge is -2.23. The van der Waals surface area contributed by atoms with Gasteiger partial charge >= 0.3 is 0 Å². The van der Waals surface area contributed by atoms with E-state index in [1.54, 1.807) is 24.3 Å². The number of imidazole rings is 1. The van der Waals surface area contributed by atoms with Gasteiger partial charge in [0.2, 0.25) is 0 Å². The Balaban J connectivity index is 1.82. The molecule has 0 spiro atoms. The Morgan fingerprint density at radius 1 is 1.12 bits per heavy atom. The number of hydrogen-bond acceptors (Lipinski definition) is 3. The Labute approximate surface area is 146 Å². The number of aryl methyl sites for hydroxylation is 1. The molecule has 0 saturated carbocycles. The number of amides is 1. The molecule has 3 aromatic rings. The van der Waals surface area contributed by atoms with Crippen LogP contribution < -0.4 is 10.6 Å². The SMILES string of the molecule is Cc1nc2c(n1C)CCN(C(=O)c1ccc(N)cc1)c1ccccc1-2. The molecule has 0 fully saturated rings. The molecular weight excluding hydrogens is 312 g/mol. The van der Waals surface area contributed by atoms with Gasteiger partial charge in [-0.2, -0.15) is 0 Å². The first-order chi connectivity index (χ1) is 12.1. The summed E-state index contributed by atoms with van der Waals surface area (Å²) in [6.07, 6.45) is 0.766. The van der Waals surface area contributed by atoms with Crippen molar-refractivity contribution in [1.29, 1.82) is 0 Å². The Bertz CT molecular complexity index is 956. The molecular formula is C20H20N4O. The lowest BCUT2D eigenvalue weighted by molar-refractivity contribution is 0.0987. The molecule has 0 radical (unpaired) electrons. The molecule has 5 heteroatoms. The summed E-state index contributed by atoms with van der Waals surface area (Å²) in [7, 11) is 2.03. The molecule has 1 aromatic heterocycles. The summed E-state index contributed by atoms with van der Waals surface area (Å²) in [4.78, 5) is 19.7. The summed E-state index contributed by atoms with van der Waals surface area (Å²) in [5, 5.41) is 0. The van der Waals surface area contributed by atoms with Crippen molar-refractivity contribution in [2.24, 2.45) is 7.05 Å². The van der Waals surface area contributed by atoms with Crippen molar-refractivity contribution in [3.8, 4) is 11.3 Å². The lowest BCUT2D eigenvalue weighted by Crippen LogP contribution is -2.32. The molecule has 1 amide bonds. The number of aromatic nitrogens is 2. The van der Waals surface area contributed by atoms with Crippen molar-refractivity contribution in [3.63, 3.8) is 0 Å². The molecule has 0 aliphatic carbocycles. The third kappa shape index (κ3) is 2.48. The van der Waals surface area contributed by atoms with Gasteiger partial charge < -0.3 is 15.2 Å². The van der Waals surface area contributed by atoms with Gasteiger partial charge in [-0.3, -0.25) is 4.79 Å². The van der Waals surface area contributed by atoms with E-state index < -0.39 is 0 Å². The number of benzene rings is 2. The number of para-hydroxylation sites is 1. The monoisotopic (exact) mass is 332 g/mol. The molecule has 126 valence electrons. The Kier molecular flexibility index (Phi) is 3.57. The van der Waals surface area contributed by atoms with Crippen molar-refractivity contribution in [2.45, 2.75) is 13.3 Å². The van der Waals surface area contributed by atoms with Gasteiger partial charge in [0, 0.05) is 42.5 Å². The average molecular weight is 332 g/mol. The fourth-order valence-corrected chi connectivity index (χ4v) is 3.40. The highest BCUT2D eigenvalue weighted by Crippen LogP contribution is 2.36. The van der Waals surface area contributed by atoms with Crippen molar-refractivity contribution in [1.82, 2.24) is 9.55 Å². The third-order valence-electron chi connectivity index (χ3n) is 4.86. The molecule has 0 unspecified atom stereocenters. The van der Waals surface area contributed by atoms with Gasteiger partial charge in [-0.1, -0.05) is 18.2 Å². The maximum absolute atomic E-state index is 13.1. The third-order valence-corrected chi connectivity index (χ3v) is 4.86. The second-order valence-corrected chi connectivity index (χ2v) is 6.36. The molecule has 2 N–H and O–H groups in total. The topological polar surface area (TPSA) is 64.2 Å². The summed E-state index contributed by atoms with van der Waals surface area (Å²) in [6, 6.07) is 15.1. The second-order valence-electron chi connectivity index (χ2n) is 6.36. The fourth-order valence-electron chi connectivity index (χ4n) is 3.40. The number of nitrogens with two attached hydrogens (primary N) is 1. The van der Waals surface area contributed by atoms with Gasteiger partial charge in [-0.05, 0) is 37.3 Å². The number of carbonyl (C=O) groups excluding carboxylic acids is 1. The smallest absolute Gasteiger partial charge is 0.258 e. The van der Waals surface area contributed by atoms with Gasteiger partial charge in [0.25, 0.3) is 5.91 Å². The van der Waals surface area contributed by atoms with Crippen LogP contribution in [-0.4, -0.2) is 22.0 Å². The summed E-state index contributed by atoms with van der Waals surface area (Å²) < 4.78 is 2.11. The number of rotatable bonds is 1. The van der Waals surface area contributed by atoms with Gasteiger partial charge in [0.1, 0.15) is 5.82 Å². The molecule has 2 aromatic carbocycles. The van der Waals surface area contributed by atoms with Gasteiger partial charge in [-0.15, -0.1) is 0 Å². The second kappa shape index (κ2) is 5.77. The molecule has 1 aliphatic rings.